The number of carbonyl (C=O) groups is 1. The monoisotopic (exact) mass is 344 g/mol. The fourth-order valence-corrected chi connectivity index (χ4v) is 3.92. The van der Waals surface area contributed by atoms with Gasteiger partial charge >= 0.3 is 0 Å². The molecule has 1 aromatic heterocycles. The molecule has 0 radical (unpaired) electrons. The summed E-state index contributed by atoms with van der Waals surface area (Å²) in [5.74, 6) is 1.11. The van der Waals surface area contributed by atoms with Crippen LogP contribution in [0.3, 0.4) is 0 Å². The van der Waals surface area contributed by atoms with Gasteiger partial charge in [-0.3, -0.25) is 9.69 Å². The van der Waals surface area contributed by atoms with Crippen LogP contribution in [0.25, 0.3) is 0 Å². The molecular formula is C19H24N2O2S. The van der Waals surface area contributed by atoms with Crippen molar-refractivity contribution in [2.75, 3.05) is 33.3 Å². The van der Waals surface area contributed by atoms with Crippen molar-refractivity contribution in [3.8, 4) is 5.75 Å². The molecule has 1 aliphatic heterocycles. The summed E-state index contributed by atoms with van der Waals surface area (Å²) in [6.45, 7) is 8.36. The first-order valence-electron chi connectivity index (χ1n) is 8.28. The maximum absolute atomic E-state index is 12.5. The van der Waals surface area contributed by atoms with Crippen molar-refractivity contribution in [1.82, 2.24) is 9.80 Å². The Kier molecular flexibility index (Phi) is 5.21. The Labute approximate surface area is 147 Å². The molecule has 2 heterocycles. The van der Waals surface area contributed by atoms with Crippen molar-refractivity contribution in [2.45, 2.75) is 20.4 Å². The summed E-state index contributed by atoms with van der Waals surface area (Å²) in [7, 11) is 1.72. The standard InChI is InChI=1S/C19H24N2O2S/c1-14-4-6-17(23-3)16(12-14)13-20-8-10-21(11-9-20)19(22)18-7-5-15(2)24-18/h4-7,12H,8-11,13H2,1-3H3. The SMILES string of the molecule is COc1ccc(C)cc1CN1CCN(C(=O)c2ccc(C)s2)CC1. The predicted molar refractivity (Wildman–Crippen MR) is 98.0 cm³/mol. The van der Waals surface area contributed by atoms with Crippen LogP contribution >= 0.6 is 11.3 Å². The van der Waals surface area contributed by atoms with Crippen molar-refractivity contribution in [3.05, 3.63) is 51.2 Å². The molecule has 128 valence electrons. The van der Waals surface area contributed by atoms with E-state index in [2.05, 4.69) is 24.0 Å². The zero-order chi connectivity index (χ0) is 17.1. The molecule has 0 spiro atoms. The molecule has 0 N–H and O–H groups in total. The molecule has 3 rings (SSSR count). The van der Waals surface area contributed by atoms with Gasteiger partial charge in [-0.05, 0) is 32.0 Å². The zero-order valence-electron chi connectivity index (χ0n) is 14.5. The average Bonchev–Trinajstić information content (AvgIpc) is 3.02. The van der Waals surface area contributed by atoms with Gasteiger partial charge in [-0.1, -0.05) is 17.7 Å². The normalized spacial score (nSPS) is 15.5. The lowest BCUT2D eigenvalue weighted by molar-refractivity contribution is 0.0632. The molecule has 0 aliphatic carbocycles. The third-order valence-corrected chi connectivity index (χ3v) is 5.43. The van der Waals surface area contributed by atoms with E-state index in [1.807, 2.05) is 30.0 Å². The molecule has 4 nitrogen and oxygen atoms in total. The second-order valence-electron chi connectivity index (χ2n) is 6.29. The number of carbonyl (C=O) groups excluding carboxylic acids is 1. The topological polar surface area (TPSA) is 32.8 Å². The number of nitrogens with zero attached hydrogens (tertiary/aromatic N) is 2. The largest absolute Gasteiger partial charge is 0.496 e. The highest BCUT2D eigenvalue weighted by molar-refractivity contribution is 7.13. The van der Waals surface area contributed by atoms with Crippen LogP contribution in [0.2, 0.25) is 0 Å². The third-order valence-electron chi connectivity index (χ3n) is 4.44. The minimum atomic E-state index is 0.167. The Morgan fingerprint density at radius 1 is 1.12 bits per heavy atom. The van der Waals surface area contributed by atoms with Crippen LogP contribution in [-0.2, 0) is 6.54 Å². The number of amides is 1. The second-order valence-corrected chi connectivity index (χ2v) is 7.58. The van der Waals surface area contributed by atoms with E-state index in [4.69, 9.17) is 4.74 Å². The molecular weight excluding hydrogens is 320 g/mol. The number of benzene rings is 1. The van der Waals surface area contributed by atoms with Crippen molar-refractivity contribution < 1.29 is 9.53 Å². The quantitative estimate of drug-likeness (QED) is 0.853. The number of piperazine rings is 1. The van der Waals surface area contributed by atoms with Crippen LogP contribution < -0.4 is 4.74 Å². The highest BCUT2D eigenvalue weighted by atomic mass is 32.1. The molecule has 1 saturated heterocycles. The Morgan fingerprint density at radius 2 is 1.88 bits per heavy atom. The number of methoxy groups -OCH3 is 1. The first-order chi connectivity index (χ1) is 11.6. The van der Waals surface area contributed by atoms with Crippen LogP contribution in [0.4, 0.5) is 0 Å². The molecule has 1 amide bonds. The Balaban J connectivity index is 1.59. The smallest absolute Gasteiger partial charge is 0.264 e. The summed E-state index contributed by atoms with van der Waals surface area (Å²) in [6.07, 6.45) is 0. The summed E-state index contributed by atoms with van der Waals surface area (Å²) in [5, 5.41) is 0. The van der Waals surface area contributed by atoms with Gasteiger partial charge in [0.1, 0.15) is 5.75 Å². The summed E-state index contributed by atoms with van der Waals surface area (Å²) in [4.78, 5) is 18.9. The van der Waals surface area contributed by atoms with Crippen LogP contribution in [0.5, 0.6) is 5.75 Å². The van der Waals surface area contributed by atoms with Gasteiger partial charge in [0.25, 0.3) is 5.91 Å². The lowest BCUT2D eigenvalue weighted by Crippen LogP contribution is -2.48. The molecule has 1 aromatic carbocycles. The lowest BCUT2D eigenvalue weighted by atomic mass is 10.1. The Bertz CT molecular complexity index is 718. The minimum absolute atomic E-state index is 0.167. The van der Waals surface area contributed by atoms with Crippen molar-refractivity contribution >= 4 is 17.2 Å². The number of hydrogen-bond acceptors (Lipinski definition) is 4. The molecule has 1 fully saturated rings. The van der Waals surface area contributed by atoms with E-state index in [1.165, 1.54) is 16.0 Å². The minimum Gasteiger partial charge on any atom is -0.496 e. The number of hydrogen-bond donors (Lipinski definition) is 0. The molecule has 2 aromatic rings. The van der Waals surface area contributed by atoms with Crippen molar-refractivity contribution in [1.29, 1.82) is 0 Å². The lowest BCUT2D eigenvalue weighted by Gasteiger charge is -2.34. The number of ether oxygens (including phenoxy) is 1. The fourth-order valence-electron chi connectivity index (χ4n) is 3.09. The van der Waals surface area contributed by atoms with E-state index >= 15 is 0 Å². The van der Waals surface area contributed by atoms with Crippen molar-refractivity contribution in [3.63, 3.8) is 0 Å². The van der Waals surface area contributed by atoms with Gasteiger partial charge in [0.15, 0.2) is 0 Å². The van der Waals surface area contributed by atoms with Gasteiger partial charge in [0, 0.05) is 43.2 Å². The Hall–Kier alpha value is -1.85. The molecule has 0 bridgehead atoms. The maximum Gasteiger partial charge on any atom is 0.264 e. The van der Waals surface area contributed by atoms with Gasteiger partial charge in [-0.25, -0.2) is 0 Å². The van der Waals surface area contributed by atoms with E-state index in [0.29, 0.717) is 0 Å². The first kappa shape index (κ1) is 17.0. The summed E-state index contributed by atoms with van der Waals surface area (Å²) < 4.78 is 5.47. The second kappa shape index (κ2) is 7.36. The third kappa shape index (κ3) is 3.79. The van der Waals surface area contributed by atoms with Gasteiger partial charge in [-0.15, -0.1) is 11.3 Å². The van der Waals surface area contributed by atoms with Gasteiger partial charge < -0.3 is 9.64 Å². The number of aryl methyl sites for hydroxylation is 2. The van der Waals surface area contributed by atoms with Crippen LogP contribution in [0.1, 0.15) is 25.7 Å². The summed E-state index contributed by atoms with van der Waals surface area (Å²) >= 11 is 1.58. The number of thiophene rings is 1. The molecule has 1 aliphatic rings. The van der Waals surface area contributed by atoms with E-state index in [0.717, 1.165) is 43.4 Å². The zero-order valence-corrected chi connectivity index (χ0v) is 15.4. The molecule has 0 unspecified atom stereocenters. The van der Waals surface area contributed by atoms with Gasteiger partial charge in [0.2, 0.25) is 0 Å². The van der Waals surface area contributed by atoms with E-state index in [1.54, 1.807) is 18.4 Å². The molecule has 5 heteroatoms. The van der Waals surface area contributed by atoms with E-state index < -0.39 is 0 Å². The van der Waals surface area contributed by atoms with Gasteiger partial charge in [-0.2, -0.15) is 0 Å². The Morgan fingerprint density at radius 3 is 2.50 bits per heavy atom. The van der Waals surface area contributed by atoms with E-state index in [-0.39, 0.29) is 5.91 Å². The average molecular weight is 344 g/mol. The predicted octanol–water partition coefficient (Wildman–Crippen LogP) is 3.33. The number of rotatable bonds is 4. The molecule has 0 saturated carbocycles. The van der Waals surface area contributed by atoms with Gasteiger partial charge in [0.05, 0.1) is 12.0 Å². The van der Waals surface area contributed by atoms with Crippen LogP contribution in [0, 0.1) is 13.8 Å². The fraction of sp³-hybridized carbons (Fsp3) is 0.421. The van der Waals surface area contributed by atoms with Crippen LogP contribution in [-0.4, -0.2) is 49.0 Å². The van der Waals surface area contributed by atoms with Crippen molar-refractivity contribution in [2.24, 2.45) is 0 Å². The van der Waals surface area contributed by atoms with E-state index in [9.17, 15) is 4.79 Å². The maximum atomic E-state index is 12.5. The molecule has 0 atom stereocenters. The highest BCUT2D eigenvalue weighted by Gasteiger charge is 2.23. The first-order valence-corrected chi connectivity index (χ1v) is 9.10. The molecule has 24 heavy (non-hydrogen) atoms. The van der Waals surface area contributed by atoms with Crippen LogP contribution in [0.15, 0.2) is 30.3 Å². The summed E-state index contributed by atoms with van der Waals surface area (Å²) in [6, 6.07) is 10.2. The summed E-state index contributed by atoms with van der Waals surface area (Å²) in [5.41, 5.74) is 2.46. The highest BCUT2D eigenvalue weighted by Crippen LogP contribution is 2.23.